The first-order chi connectivity index (χ1) is 10.6. The van der Waals surface area contributed by atoms with Gasteiger partial charge in [0.1, 0.15) is 0 Å². The fraction of sp³-hybridized carbons (Fsp3) is 0.467. The molecule has 7 nitrogen and oxygen atoms in total. The SMILES string of the molecule is CCCN(CC1CC1)C(=O)c1n[nH]c2ccc([N+](=O)[O-])cc12. The smallest absolute Gasteiger partial charge is 0.275 e. The number of carbonyl (C=O) groups is 1. The van der Waals surface area contributed by atoms with Crippen molar-refractivity contribution in [3.63, 3.8) is 0 Å². The van der Waals surface area contributed by atoms with Crippen LogP contribution in [0.5, 0.6) is 0 Å². The lowest BCUT2D eigenvalue weighted by Crippen LogP contribution is -2.34. The molecule has 1 aliphatic rings. The maximum atomic E-state index is 12.7. The molecule has 0 radical (unpaired) electrons. The first-order valence-corrected chi connectivity index (χ1v) is 7.52. The van der Waals surface area contributed by atoms with Gasteiger partial charge in [0.15, 0.2) is 5.69 Å². The molecule has 1 fully saturated rings. The third kappa shape index (κ3) is 2.79. The Morgan fingerprint density at radius 2 is 2.27 bits per heavy atom. The Kier molecular flexibility index (Phi) is 3.79. The van der Waals surface area contributed by atoms with Crippen molar-refractivity contribution in [2.45, 2.75) is 26.2 Å². The van der Waals surface area contributed by atoms with E-state index in [2.05, 4.69) is 10.2 Å². The fourth-order valence-corrected chi connectivity index (χ4v) is 2.59. The van der Waals surface area contributed by atoms with E-state index in [9.17, 15) is 14.9 Å². The van der Waals surface area contributed by atoms with Gasteiger partial charge in [-0.1, -0.05) is 6.92 Å². The average molecular weight is 302 g/mol. The van der Waals surface area contributed by atoms with Gasteiger partial charge in [0.05, 0.1) is 10.4 Å². The summed E-state index contributed by atoms with van der Waals surface area (Å²) in [5.74, 6) is 0.440. The molecule has 1 N–H and O–H groups in total. The second kappa shape index (κ2) is 5.75. The summed E-state index contributed by atoms with van der Waals surface area (Å²) in [7, 11) is 0. The molecule has 0 aliphatic heterocycles. The van der Waals surface area contributed by atoms with E-state index < -0.39 is 4.92 Å². The number of benzene rings is 1. The largest absolute Gasteiger partial charge is 0.337 e. The van der Waals surface area contributed by atoms with Crippen LogP contribution in [0.3, 0.4) is 0 Å². The summed E-state index contributed by atoms with van der Waals surface area (Å²) < 4.78 is 0. The van der Waals surface area contributed by atoms with Crippen LogP contribution in [0.25, 0.3) is 10.9 Å². The number of amides is 1. The molecule has 1 amide bonds. The average Bonchev–Trinajstić information content (AvgIpc) is 3.22. The molecule has 2 aromatic rings. The van der Waals surface area contributed by atoms with Crippen molar-refractivity contribution in [3.8, 4) is 0 Å². The number of carbonyl (C=O) groups excluding carboxylic acids is 1. The van der Waals surface area contributed by atoms with Gasteiger partial charge in [0.25, 0.3) is 11.6 Å². The molecule has 1 heterocycles. The van der Waals surface area contributed by atoms with E-state index in [1.807, 2.05) is 11.8 Å². The van der Waals surface area contributed by atoms with Crippen LogP contribution in [0.2, 0.25) is 0 Å². The van der Waals surface area contributed by atoms with Gasteiger partial charge in [-0.3, -0.25) is 20.0 Å². The van der Waals surface area contributed by atoms with Crippen LogP contribution in [0.1, 0.15) is 36.7 Å². The van der Waals surface area contributed by atoms with E-state index >= 15 is 0 Å². The van der Waals surface area contributed by atoms with E-state index in [-0.39, 0.29) is 17.3 Å². The van der Waals surface area contributed by atoms with Crippen molar-refractivity contribution >= 4 is 22.5 Å². The van der Waals surface area contributed by atoms with Crippen molar-refractivity contribution in [1.29, 1.82) is 0 Å². The second-order valence-corrected chi connectivity index (χ2v) is 5.75. The maximum Gasteiger partial charge on any atom is 0.275 e. The first kappa shape index (κ1) is 14.5. The molecule has 1 aromatic heterocycles. The third-order valence-electron chi connectivity index (χ3n) is 3.92. The van der Waals surface area contributed by atoms with Crippen molar-refractivity contribution in [3.05, 3.63) is 34.0 Å². The Labute approximate surface area is 127 Å². The van der Waals surface area contributed by atoms with Crippen LogP contribution in [-0.4, -0.2) is 39.0 Å². The molecule has 0 bridgehead atoms. The van der Waals surface area contributed by atoms with E-state index in [0.29, 0.717) is 23.4 Å². The van der Waals surface area contributed by atoms with Crippen molar-refractivity contribution in [1.82, 2.24) is 15.1 Å². The first-order valence-electron chi connectivity index (χ1n) is 7.52. The fourth-order valence-electron chi connectivity index (χ4n) is 2.59. The Morgan fingerprint density at radius 3 is 2.91 bits per heavy atom. The van der Waals surface area contributed by atoms with Gasteiger partial charge in [-0.05, 0) is 31.2 Å². The third-order valence-corrected chi connectivity index (χ3v) is 3.92. The van der Waals surface area contributed by atoms with Gasteiger partial charge in [0, 0.05) is 30.6 Å². The predicted octanol–water partition coefficient (Wildman–Crippen LogP) is 2.73. The number of nitro benzene ring substituents is 1. The minimum atomic E-state index is -0.464. The summed E-state index contributed by atoms with van der Waals surface area (Å²) in [5, 5.41) is 18.3. The van der Waals surface area contributed by atoms with Crippen LogP contribution >= 0.6 is 0 Å². The highest BCUT2D eigenvalue weighted by molar-refractivity contribution is 6.05. The number of nitrogens with one attached hydrogen (secondary N) is 1. The predicted molar refractivity (Wildman–Crippen MR) is 81.7 cm³/mol. The Hall–Kier alpha value is -2.44. The van der Waals surface area contributed by atoms with E-state index in [0.717, 1.165) is 13.0 Å². The molecular weight excluding hydrogens is 284 g/mol. The Balaban J connectivity index is 1.94. The lowest BCUT2D eigenvalue weighted by molar-refractivity contribution is -0.384. The van der Waals surface area contributed by atoms with Gasteiger partial charge in [-0.15, -0.1) is 0 Å². The molecule has 1 aromatic carbocycles. The molecule has 3 rings (SSSR count). The lowest BCUT2D eigenvalue weighted by Gasteiger charge is -2.21. The number of nitro groups is 1. The zero-order valence-corrected chi connectivity index (χ0v) is 12.4. The minimum absolute atomic E-state index is 0.0350. The number of aromatic amines is 1. The molecular formula is C15H18N4O3. The molecule has 0 saturated heterocycles. The van der Waals surface area contributed by atoms with Gasteiger partial charge in [-0.25, -0.2) is 0 Å². The number of rotatable bonds is 6. The number of aromatic nitrogens is 2. The zero-order chi connectivity index (χ0) is 15.7. The molecule has 0 spiro atoms. The number of hydrogen-bond acceptors (Lipinski definition) is 4. The van der Waals surface area contributed by atoms with Gasteiger partial charge >= 0.3 is 0 Å². The summed E-state index contributed by atoms with van der Waals surface area (Å²) in [5.41, 5.74) is 0.872. The normalized spacial score (nSPS) is 14.2. The Morgan fingerprint density at radius 1 is 1.50 bits per heavy atom. The van der Waals surface area contributed by atoms with Gasteiger partial charge in [0.2, 0.25) is 0 Å². The summed E-state index contributed by atoms with van der Waals surface area (Å²) in [6.07, 6.45) is 3.21. The summed E-state index contributed by atoms with van der Waals surface area (Å²) in [4.78, 5) is 25.0. The molecule has 7 heteroatoms. The standard InChI is InChI=1S/C15H18N4O3/c1-2-7-18(9-10-3-4-10)15(20)14-12-8-11(19(21)22)5-6-13(12)16-17-14/h5-6,8,10H,2-4,7,9H2,1H3,(H,16,17). The molecule has 1 saturated carbocycles. The molecule has 1 aliphatic carbocycles. The lowest BCUT2D eigenvalue weighted by atomic mass is 10.1. The van der Waals surface area contributed by atoms with Crippen molar-refractivity contribution in [2.24, 2.45) is 5.92 Å². The van der Waals surface area contributed by atoms with Crippen molar-refractivity contribution in [2.75, 3.05) is 13.1 Å². The minimum Gasteiger partial charge on any atom is -0.337 e. The van der Waals surface area contributed by atoms with E-state index in [1.54, 1.807) is 6.07 Å². The second-order valence-electron chi connectivity index (χ2n) is 5.75. The van der Waals surface area contributed by atoms with Crippen LogP contribution in [0.15, 0.2) is 18.2 Å². The molecule has 0 unspecified atom stereocenters. The summed E-state index contributed by atoms with van der Waals surface area (Å²) in [6.45, 7) is 3.45. The number of hydrogen-bond donors (Lipinski definition) is 1. The number of nitrogens with zero attached hydrogens (tertiary/aromatic N) is 3. The van der Waals surface area contributed by atoms with E-state index in [4.69, 9.17) is 0 Å². The number of fused-ring (bicyclic) bond motifs is 1. The molecule has 116 valence electrons. The van der Waals surface area contributed by atoms with Crippen LogP contribution in [-0.2, 0) is 0 Å². The monoisotopic (exact) mass is 302 g/mol. The van der Waals surface area contributed by atoms with Crippen LogP contribution < -0.4 is 0 Å². The summed E-state index contributed by atoms with van der Waals surface area (Å²) >= 11 is 0. The number of H-pyrrole nitrogens is 1. The summed E-state index contributed by atoms with van der Waals surface area (Å²) in [6, 6.07) is 4.40. The highest BCUT2D eigenvalue weighted by atomic mass is 16.6. The molecule has 22 heavy (non-hydrogen) atoms. The quantitative estimate of drug-likeness (QED) is 0.656. The highest BCUT2D eigenvalue weighted by Crippen LogP contribution is 2.31. The maximum absolute atomic E-state index is 12.7. The van der Waals surface area contributed by atoms with Crippen LogP contribution in [0.4, 0.5) is 5.69 Å². The topological polar surface area (TPSA) is 92.1 Å². The van der Waals surface area contributed by atoms with Crippen molar-refractivity contribution < 1.29 is 9.72 Å². The zero-order valence-electron chi connectivity index (χ0n) is 12.4. The van der Waals surface area contributed by atoms with Crippen LogP contribution in [0, 0.1) is 16.0 Å². The van der Waals surface area contributed by atoms with E-state index in [1.165, 1.54) is 25.0 Å². The number of non-ortho nitro benzene ring substituents is 1. The van der Waals surface area contributed by atoms with Gasteiger partial charge < -0.3 is 4.90 Å². The molecule has 0 atom stereocenters. The highest BCUT2D eigenvalue weighted by Gasteiger charge is 2.28. The van der Waals surface area contributed by atoms with Gasteiger partial charge in [-0.2, -0.15) is 5.10 Å². The Bertz CT molecular complexity index is 721.